The molecule has 0 amide bonds. The van der Waals surface area contributed by atoms with Crippen LogP contribution in [-0.2, 0) is 0 Å². The van der Waals surface area contributed by atoms with E-state index in [9.17, 15) is 4.79 Å². The van der Waals surface area contributed by atoms with E-state index in [1.54, 1.807) is 0 Å². The zero-order valence-electron chi connectivity index (χ0n) is 2.43. The van der Waals surface area contributed by atoms with Gasteiger partial charge in [-0.2, -0.15) is 0 Å². The molecule has 0 spiro atoms. The van der Waals surface area contributed by atoms with E-state index >= 15 is 0 Å². The first-order chi connectivity index (χ1) is 2.27. The predicted octanol–water partition coefficient (Wildman–Crippen LogP) is -1.08. The Labute approximate surface area is 49.2 Å². The van der Waals surface area contributed by atoms with Gasteiger partial charge >= 0.3 is 49.4 Å². The Hall–Kier alpha value is 0.951. The number of hydrogen-bond donors (Lipinski definition) is 1. The van der Waals surface area contributed by atoms with Gasteiger partial charge in [0, 0.05) is 0 Å². The Morgan fingerprint density at radius 3 is 2.20 bits per heavy atom. The van der Waals surface area contributed by atoms with Crippen LogP contribution in [-0.4, -0.2) is 44.6 Å². The summed E-state index contributed by atoms with van der Waals surface area (Å²) < 4.78 is -0.546. The molecule has 4 heteroatoms. The molecule has 0 aromatic rings. The molecule has 0 aliphatic carbocycles. The summed E-state index contributed by atoms with van der Waals surface area (Å²) in [5.74, 6) is 0. The third kappa shape index (κ3) is 4.95. The maximum absolute atomic E-state index is 9.47. The monoisotopic (exact) mass is 330 g/mol. The maximum atomic E-state index is 9.47. The molecule has 0 fully saturated rings. The molecule has 0 saturated heterocycles. The van der Waals surface area contributed by atoms with Crippen LogP contribution in [0.4, 0.5) is 4.79 Å². The van der Waals surface area contributed by atoms with E-state index in [4.69, 9.17) is 5.11 Å². The Balaban J connectivity index is 2.85. The summed E-state index contributed by atoms with van der Waals surface area (Å²) in [5, 5.41) is 7.82. The van der Waals surface area contributed by atoms with Crippen molar-refractivity contribution in [2.75, 3.05) is 0 Å². The van der Waals surface area contributed by atoms with Gasteiger partial charge in [0.2, 0.25) is 0 Å². The van der Waals surface area contributed by atoms with Crippen LogP contribution < -0.4 is 0 Å². The topological polar surface area (TPSA) is 37.3 Å². The van der Waals surface area contributed by atoms with Crippen molar-refractivity contribution < 1.29 is 9.90 Å². The van der Waals surface area contributed by atoms with Crippen molar-refractivity contribution in [3.05, 3.63) is 0 Å². The molecule has 0 heterocycles. The van der Waals surface area contributed by atoms with Crippen molar-refractivity contribution in [2.24, 2.45) is 0 Å². The molecular weight excluding hydrogens is 326 g/mol. The van der Waals surface area contributed by atoms with Gasteiger partial charge in [-0.05, 0) is 0 Å². The van der Waals surface area contributed by atoms with E-state index in [0.717, 1.165) is 23.1 Å². The number of rotatable bonds is 1. The van der Waals surface area contributed by atoms with Gasteiger partial charge in [0.1, 0.15) is 0 Å². The van der Waals surface area contributed by atoms with E-state index < -0.39 is 16.4 Å². The van der Waals surface area contributed by atoms with E-state index in [0.29, 0.717) is 0 Å². The molecule has 1 atom stereocenters. The second-order valence-electron chi connectivity index (χ2n) is 0.449. The Morgan fingerprint density at radius 2 is 2.20 bits per heavy atom. The summed E-state index contributed by atoms with van der Waals surface area (Å²) in [4.78, 5) is 9.47. The normalized spacial score (nSPS) is 9.80. The van der Waals surface area contributed by atoms with Crippen molar-refractivity contribution >= 4 is 39.5 Å². The number of carboxylic acid groups (broad SMARTS) is 1. The van der Waals surface area contributed by atoms with Crippen LogP contribution in [0, 0.1) is 0 Å². The fraction of sp³-hybridized carbons (Fsp3) is 0. The van der Waals surface area contributed by atoms with Crippen LogP contribution >= 0.6 is 0 Å². The SMILES string of the molecule is O=C(O)[AsH][PbH]. The standard InChI is InChI=1S/CH2AsO2.Pb.H/c2-1(3)4;;/h2H,(H,3,4);;/q-1;+1;. The van der Waals surface area contributed by atoms with Crippen molar-refractivity contribution in [1.82, 2.24) is 0 Å². The minimum atomic E-state index is -0.546. The molecular formula is CH3AsO2Pb. The summed E-state index contributed by atoms with van der Waals surface area (Å²) in [7, 11) is 0. The summed E-state index contributed by atoms with van der Waals surface area (Å²) in [6, 6.07) is 0. The van der Waals surface area contributed by atoms with Gasteiger partial charge in [-0.1, -0.05) is 0 Å². The van der Waals surface area contributed by atoms with Gasteiger partial charge in [0.15, 0.2) is 0 Å². The van der Waals surface area contributed by atoms with Gasteiger partial charge in [0.25, 0.3) is 0 Å². The quantitative estimate of drug-likeness (QED) is 0.622. The molecule has 28 valence electrons. The van der Waals surface area contributed by atoms with Crippen molar-refractivity contribution in [3.8, 4) is 0 Å². The Kier molecular flexibility index (Phi) is 3.75. The molecule has 0 saturated carbocycles. The molecule has 0 rings (SSSR count). The van der Waals surface area contributed by atoms with Gasteiger partial charge < -0.3 is 0 Å². The van der Waals surface area contributed by atoms with Gasteiger partial charge in [-0.15, -0.1) is 0 Å². The van der Waals surface area contributed by atoms with Crippen LogP contribution in [0.15, 0.2) is 0 Å². The third-order valence-corrected chi connectivity index (χ3v) is 5.63. The van der Waals surface area contributed by atoms with E-state index in [-0.39, 0.29) is 0 Å². The van der Waals surface area contributed by atoms with Crippen LogP contribution in [0.2, 0.25) is 0 Å². The number of carbonyl (C=O) groups is 1. The van der Waals surface area contributed by atoms with Crippen LogP contribution in [0.25, 0.3) is 0 Å². The minimum absolute atomic E-state index is 0.472. The summed E-state index contributed by atoms with van der Waals surface area (Å²) in [6.45, 7) is 0. The zero-order chi connectivity index (χ0) is 4.28. The Morgan fingerprint density at radius 1 is 2.00 bits per heavy atom. The average Bonchev–Trinajstić information content (AvgIpc) is 1.38. The first-order valence-electron chi connectivity index (χ1n) is 0.966. The summed E-state index contributed by atoms with van der Waals surface area (Å²) in [5.41, 5.74) is 0. The van der Waals surface area contributed by atoms with Crippen molar-refractivity contribution in [3.63, 3.8) is 0 Å². The summed E-state index contributed by atoms with van der Waals surface area (Å²) in [6.07, 6.45) is 0. The van der Waals surface area contributed by atoms with Gasteiger partial charge in [0.05, 0.1) is 0 Å². The molecule has 0 aliphatic heterocycles. The van der Waals surface area contributed by atoms with Crippen LogP contribution in [0.3, 0.4) is 0 Å². The Bertz CT molecular complexity index is 44.9. The number of hydrogen-bond acceptors (Lipinski definition) is 1. The van der Waals surface area contributed by atoms with Gasteiger partial charge in [-0.25, -0.2) is 0 Å². The average molecular weight is 329 g/mol. The van der Waals surface area contributed by atoms with Crippen LogP contribution in [0.5, 0.6) is 0 Å². The second kappa shape index (κ2) is 3.15. The molecule has 5 heavy (non-hydrogen) atoms. The summed E-state index contributed by atoms with van der Waals surface area (Å²) >= 11 is 0.262. The molecule has 0 aromatic carbocycles. The third-order valence-electron chi connectivity index (χ3n) is 0.123. The van der Waals surface area contributed by atoms with Crippen molar-refractivity contribution in [2.45, 2.75) is 0 Å². The molecule has 1 unspecified atom stereocenters. The van der Waals surface area contributed by atoms with E-state index in [1.807, 2.05) is 0 Å². The molecule has 0 aliphatic rings. The zero-order valence-corrected chi connectivity index (χ0v) is 9.02. The van der Waals surface area contributed by atoms with E-state index in [1.165, 1.54) is 0 Å². The molecule has 0 aromatic heterocycles. The van der Waals surface area contributed by atoms with Crippen molar-refractivity contribution in [1.29, 1.82) is 0 Å². The first-order valence-corrected chi connectivity index (χ1v) is 14.9. The fourth-order valence-corrected chi connectivity index (χ4v) is 0. The molecule has 0 bridgehead atoms. The molecule has 1 N–H and O–H groups in total. The van der Waals surface area contributed by atoms with E-state index in [2.05, 4.69) is 0 Å². The van der Waals surface area contributed by atoms with Crippen LogP contribution in [0.1, 0.15) is 0 Å². The molecule has 2 nitrogen and oxygen atoms in total. The second-order valence-corrected chi connectivity index (χ2v) is 7.78. The fourth-order valence-electron chi connectivity index (χ4n) is 0. The molecule has 2 radical (unpaired) electrons. The predicted molar refractivity (Wildman–Crippen MR) is 22.3 cm³/mol. The van der Waals surface area contributed by atoms with Gasteiger partial charge in [-0.3, -0.25) is 0 Å². The first kappa shape index (κ1) is 5.95.